The van der Waals surface area contributed by atoms with Crippen molar-refractivity contribution in [3.05, 3.63) is 63.9 Å². The molecular weight excluding hydrogens is 325 g/mol. The van der Waals surface area contributed by atoms with Gasteiger partial charge in [0.2, 0.25) is 5.91 Å². The van der Waals surface area contributed by atoms with E-state index >= 15 is 0 Å². The molecule has 114 valence electrons. The van der Waals surface area contributed by atoms with Crippen LogP contribution in [-0.4, -0.2) is 22.8 Å². The summed E-state index contributed by atoms with van der Waals surface area (Å²) in [6.45, 7) is 0. The van der Waals surface area contributed by atoms with Crippen molar-refractivity contribution < 1.29 is 9.59 Å². The van der Waals surface area contributed by atoms with Crippen LogP contribution in [0, 0.1) is 0 Å². The van der Waals surface area contributed by atoms with Crippen molar-refractivity contribution in [1.82, 2.24) is 10.3 Å². The number of pyridine rings is 1. The van der Waals surface area contributed by atoms with Crippen LogP contribution >= 0.6 is 23.2 Å². The topological polar surface area (TPSA) is 85.1 Å². The Bertz CT molecular complexity index is 672. The summed E-state index contributed by atoms with van der Waals surface area (Å²) in [6.07, 6.45) is 3.09. The first kappa shape index (κ1) is 16.3. The van der Waals surface area contributed by atoms with Crippen LogP contribution in [0.5, 0.6) is 0 Å². The van der Waals surface area contributed by atoms with Gasteiger partial charge in [-0.3, -0.25) is 14.6 Å². The molecule has 0 radical (unpaired) electrons. The Morgan fingerprint density at radius 2 is 1.73 bits per heavy atom. The molecule has 1 atom stereocenters. The fraction of sp³-hybridized carbons (Fsp3) is 0.133. The lowest BCUT2D eigenvalue weighted by Crippen LogP contribution is -2.46. The SMILES string of the molecule is NC(=O)[C@@H](Cc1c(Cl)cccc1Cl)NC(=O)c1ccncc1. The average Bonchev–Trinajstić information content (AvgIpc) is 2.50. The first-order valence-corrected chi connectivity index (χ1v) is 7.17. The molecule has 1 aromatic heterocycles. The molecule has 1 aromatic carbocycles. The van der Waals surface area contributed by atoms with Gasteiger partial charge in [-0.25, -0.2) is 0 Å². The Labute approximate surface area is 137 Å². The molecule has 1 heterocycles. The summed E-state index contributed by atoms with van der Waals surface area (Å²) < 4.78 is 0. The molecule has 0 aliphatic carbocycles. The fourth-order valence-electron chi connectivity index (χ4n) is 1.90. The number of halogens is 2. The second kappa shape index (κ2) is 7.24. The summed E-state index contributed by atoms with van der Waals surface area (Å²) in [4.78, 5) is 27.5. The van der Waals surface area contributed by atoms with Crippen molar-refractivity contribution in [2.75, 3.05) is 0 Å². The molecule has 0 bridgehead atoms. The third-order valence-corrected chi connectivity index (χ3v) is 3.77. The van der Waals surface area contributed by atoms with Gasteiger partial charge in [0.25, 0.3) is 5.91 Å². The molecule has 22 heavy (non-hydrogen) atoms. The van der Waals surface area contributed by atoms with E-state index in [1.54, 1.807) is 18.2 Å². The lowest BCUT2D eigenvalue weighted by Gasteiger charge is -2.17. The molecule has 7 heteroatoms. The van der Waals surface area contributed by atoms with E-state index < -0.39 is 17.9 Å². The Morgan fingerprint density at radius 1 is 1.14 bits per heavy atom. The lowest BCUT2D eigenvalue weighted by atomic mass is 10.0. The van der Waals surface area contributed by atoms with E-state index in [4.69, 9.17) is 28.9 Å². The predicted molar refractivity (Wildman–Crippen MR) is 84.9 cm³/mol. The Kier molecular flexibility index (Phi) is 5.35. The number of nitrogens with one attached hydrogen (secondary N) is 1. The van der Waals surface area contributed by atoms with Crippen LogP contribution in [-0.2, 0) is 11.2 Å². The summed E-state index contributed by atoms with van der Waals surface area (Å²) in [5.74, 6) is -1.09. The van der Waals surface area contributed by atoms with E-state index in [2.05, 4.69) is 10.3 Å². The molecule has 0 saturated heterocycles. The van der Waals surface area contributed by atoms with Crippen LogP contribution in [0.4, 0.5) is 0 Å². The van der Waals surface area contributed by atoms with Crippen molar-refractivity contribution in [2.24, 2.45) is 5.73 Å². The third kappa shape index (κ3) is 3.96. The molecule has 0 aliphatic heterocycles. The Hall–Kier alpha value is -2.11. The summed E-state index contributed by atoms with van der Waals surface area (Å²) in [5.41, 5.74) is 6.30. The lowest BCUT2D eigenvalue weighted by molar-refractivity contribution is -0.119. The smallest absolute Gasteiger partial charge is 0.252 e. The van der Waals surface area contributed by atoms with E-state index in [1.807, 2.05) is 0 Å². The minimum Gasteiger partial charge on any atom is -0.368 e. The number of nitrogens with two attached hydrogens (primary N) is 1. The molecule has 0 fully saturated rings. The number of nitrogens with zero attached hydrogens (tertiary/aromatic N) is 1. The molecular formula is C15H13Cl2N3O2. The van der Waals surface area contributed by atoms with Gasteiger partial charge in [0, 0.05) is 34.4 Å². The first-order chi connectivity index (χ1) is 10.5. The van der Waals surface area contributed by atoms with Gasteiger partial charge in [0.15, 0.2) is 0 Å². The minimum absolute atomic E-state index is 0.116. The number of amides is 2. The Morgan fingerprint density at radius 3 is 2.27 bits per heavy atom. The van der Waals surface area contributed by atoms with Gasteiger partial charge in [0.05, 0.1) is 0 Å². The fourth-order valence-corrected chi connectivity index (χ4v) is 2.45. The van der Waals surface area contributed by atoms with Gasteiger partial charge in [-0.2, -0.15) is 0 Å². The number of benzene rings is 1. The number of hydrogen-bond donors (Lipinski definition) is 2. The van der Waals surface area contributed by atoms with Crippen LogP contribution in [0.15, 0.2) is 42.7 Å². The summed E-state index contributed by atoms with van der Waals surface area (Å²) >= 11 is 12.1. The van der Waals surface area contributed by atoms with Crippen LogP contribution in [0.3, 0.4) is 0 Å². The maximum absolute atomic E-state index is 12.1. The van der Waals surface area contributed by atoms with Crippen molar-refractivity contribution in [3.63, 3.8) is 0 Å². The highest BCUT2D eigenvalue weighted by Crippen LogP contribution is 2.25. The van der Waals surface area contributed by atoms with Crippen LogP contribution < -0.4 is 11.1 Å². The van der Waals surface area contributed by atoms with Gasteiger partial charge in [-0.15, -0.1) is 0 Å². The second-order valence-electron chi connectivity index (χ2n) is 4.57. The number of rotatable bonds is 5. The molecule has 0 saturated carbocycles. The molecule has 2 amide bonds. The van der Waals surface area contributed by atoms with Crippen molar-refractivity contribution in [3.8, 4) is 0 Å². The van der Waals surface area contributed by atoms with Crippen molar-refractivity contribution in [2.45, 2.75) is 12.5 Å². The summed E-state index contributed by atoms with van der Waals surface area (Å²) in [6, 6.07) is 7.17. The summed E-state index contributed by atoms with van der Waals surface area (Å²) in [5, 5.41) is 3.40. The van der Waals surface area contributed by atoms with E-state index in [0.29, 0.717) is 21.2 Å². The van der Waals surface area contributed by atoms with Gasteiger partial charge in [-0.1, -0.05) is 29.3 Å². The van der Waals surface area contributed by atoms with Crippen LogP contribution in [0.25, 0.3) is 0 Å². The van der Waals surface area contributed by atoms with Crippen molar-refractivity contribution >= 4 is 35.0 Å². The molecule has 0 unspecified atom stereocenters. The maximum atomic E-state index is 12.1. The predicted octanol–water partition coefficient (Wildman–Crippen LogP) is 2.21. The zero-order chi connectivity index (χ0) is 16.1. The van der Waals surface area contributed by atoms with Gasteiger partial charge in [-0.05, 0) is 29.8 Å². The van der Waals surface area contributed by atoms with E-state index in [-0.39, 0.29) is 6.42 Å². The largest absolute Gasteiger partial charge is 0.368 e. The molecule has 0 aliphatic rings. The second-order valence-corrected chi connectivity index (χ2v) is 5.38. The van der Waals surface area contributed by atoms with Crippen LogP contribution in [0.2, 0.25) is 10.0 Å². The first-order valence-electron chi connectivity index (χ1n) is 6.42. The Balaban J connectivity index is 2.18. The standard InChI is InChI=1S/C15H13Cl2N3O2/c16-11-2-1-3-12(17)10(11)8-13(14(18)21)20-15(22)9-4-6-19-7-5-9/h1-7,13H,8H2,(H2,18,21)(H,20,22)/t13-/m1/s1. The van der Waals surface area contributed by atoms with Crippen LogP contribution in [0.1, 0.15) is 15.9 Å². The molecule has 0 spiro atoms. The zero-order valence-electron chi connectivity index (χ0n) is 11.4. The van der Waals surface area contributed by atoms with E-state index in [0.717, 1.165) is 0 Å². The molecule has 3 N–H and O–H groups in total. The third-order valence-electron chi connectivity index (χ3n) is 3.06. The number of aromatic nitrogens is 1. The highest BCUT2D eigenvalue weighted by molar-refractivity contribution is 6.36. The summed E-state index contributed by atoms with van der Waals surface area (Å²) in [7, 11) is 0. The monoisotopic (exact) mass is 337 g/mol. The quantitative estimate of drug-likeness (QED) is 0.877. The van der Waals surface area contributed by atoms with Gasteiger partial charge in [0.1, 0.15) is 6.04 Å². The number of hydrogen-bond acceptors (Lipinski definition) is 3. The molecule has 5 nitrogen and oxygen atoms in total. The average molecular weight is 338 g/mol. The highest BCUT2D eigenvalue weighted by atomic mass is 35.5. The molecule has 2 aromatic rings. The van der Waals surface area contributed by atoms with Gasteiger partial charge >= 0.3 is 0 Å². The van der Waals surface area contributed by atoms with E-state index in [1.165, 1.54) is 24.5 Å². The van der Waals surface area contributed by atoms with Gasteiger partial charge < -0.3 is 11.1 Å². The number of primary amides is 1. The minimum atomic E-state index is -0.918. The van der Waals surface area contributed by atoms with Crippen molar-refractivity contribution in [1.29, 1.82) is 0 Å². The number of carbonyl (C=O) groups is 2. The molecule has 2 rings (SSSR count). The number of carbonyl (C=O) groups excluding carboxylic acids is 2. The highest BCUT2D eigenvalue weighted by Gasteiger charge is 2.21. The zero-order valence-corrected chi connectivity index (χ0v) is 12.9. The maximum Gasteiger partial charge on any atom is 0.252 e. The normalized spacial score (nSPS) is 11.7. The van der Waals surface area contributed by atoms with E-state index in [9.17, 15) is 9.59 Å².